The Hall–Kier alpha value is -1.06. The lowest BCUT2D eigenvalue weighted by Crippen LogP contribution is -2.45. The standard InChI is InChI=1S/C20H33ClN2O/c1-6-13-23(14-7-2)19(24)18(15-22-20(4,5)8-3)16-9-11-17(21)12-10-16/h9-12,18,22H,6-8,13-15H2,1-5H3/t18-/m1/s1. The molecule has 136 valence electrons. The molecule has 1 aromatic carbocycles. The zero-order valence-electron chi connectivity index (χ0n) is 15.9. The van der Waals surface area contributed by atoms with Crippen molar-refractivity contribution >= 4 is 17.5 Å². The lowest BCUT2D eigenvalue weighted by atomic mass is 9.94. The van der Waals surface area contributed by atoms with Crippen molar-refractivity contribution in [3.8, 4) is 0 Å². The van der Waals surface area contributed by atoms with Crippen LogP contribution < -0.4 is 5.32 Å². The van der Waals surface area contributed by atoms with E-state index in [1.165, 1.54) is 0 Å². The van der Waals surface area contributed by atoms with E-state index < -0.39 is 0 Å². The molecule has 1 N–H and O–H groups in total. The topological polar surface area (TPSA) is 32.3 Å². The average Bonchev–Trinajstić information content (AvgIpc) is 2.56. The van der Waals surface area contributed by atoms with Gasteiger partial charge in [0.2, 0.25) is 5.91 Å². The summed E-state index contributed by atoms with van der Waals surface area (Å²) >= 11 is 6.02. The minimum Gasteiger partial charge on any atom is -0.342 e. The van der Waals surface area contributed by atoms with Crippen LogP contribution in [0.1, 0.15) is 65.4 Å². The Balaban J connectivity index is 3.02. The van der Waals surface area contributed by atoms with Crippen LogP contribution in [-0.2, 0) is 4.79 Å². The second kappa shape index (κ2) is 10.0. The quantitative estimate of drug-likeness (QED) is 0.652. The Bertz CT molecular complexity index is 493. The van der Waals surface area contributed by atoms with Crippen LogP contribution in [-0.4, -0.2) is 36.0 Å². The first-order valence-corrected chi connectivity index (χ1v) is 9.51. The molecule has 0 saturated heterocycles. The monoisotopic (exact) mass is 352 g/mol. The van der Waals surface area contributed by atoms with E-state index in [0.717, 1.165) is 37.9 Å². The van der Waals surface area contributed by atoms with Crippen LogP contribution in [0, 0.1) is 0 Å². The molecule has 0 spiro atoms. The van der Waals surface area contributed by atoms with Crippen molar-refractivity contribution in [3.05, 3.63) is 34.9 Å². The van der Waals surface area contributed by atoms with Crippen molar-refractivity contribution in [2.45, 2.75) is 65.3 Å². The first kappa shape index (κ1) is 21.0. The van der Waals surface area contributed by atoms with Gasteiger partial charge in [-0.15, -0.1) is 0 Å². The number of nitrogens with one attached hydrogen (secondary N) is 1. The Morgan fingerprint density at radius 2 is 1.67 bits per heavy atom. The van der Waals surface area contributed by atoms with Crippen molar-refractivity contribution in [2.75, 3.05) is 19.6 Å². The molecule has 0 aliphatic rings. The van der Waals surface area contributed by atoms with E-state index in [0.29, 0.717) is 11.6 Å². The molecule has 0 aromatic heterocycles. The highest BCUT2D eigenvalue weighted by Crippen LogP contribution is 2.22. The van der Waals surface area contributed by atoms with E-state index >= 15 is 0 Å². The minimum absolute atomic E-state index is 0.0191. The highest BCUT2D eigenvalue weighted by Gasteiger charge is 2.27. The van der Waals surface area contributed by atoms with Gasteiger partial charge in [0.15, 0.2) is 0 Å². The molecule has 4 heteroatoms. The summed E-state index contributed by atoms with van der Waals surface area (Å²) < 4.78 is 0. The smallest absolute Gasteiger partial charge is 0.231 e. The molecule has 0 fully saturated rings. The van der Waals surface area contributed by atoms with Crippen molar-refractivity contribution in [1.29, 1.82) is 0 Å². The largest absolute Gasteiger partial charge is 0.342 e. The van der Waals surface area contributed by atoms with E-state index in [9.17, 15) is 4.79 Å². The molecule has 0 saturated carbocycles. The number of rotatable bonds is 10. The molecule has 1 atom stereocenters. The van der Waals surface area contributed by atoms with Crippen LogP contribution in [0.5, 0.6) is 0 Å². The molecule has 24 heavy (non-hydrogen) atoms. The van der Waals surface area contributed by atoms with E-state index in [1.54, 1.807) is 0 Å². The summed E-state index contributed by atoms with van der Waals surface area (Å²) in [6, 6.07) is 7.68. The van der Waals surface area contributed by atoms with Gasteiger partial charge < -0.3 is 10.2 Å². The normalized spacial score (nSPS) is 12.9. The number of amides is 1. The van der Waals surface area contributed by atoms with Crippen LogP contribution in [0.3, 0.4) is 0 Å². The molecule has 1 aromatic rings. The first-order valence-electron chi connectivity index (χ1n) is 9.13. The van der Waals surface area contributed by atoms with Crippen molar-refractivity contribution in [3.63, 3.8) is 0 Å². The first-order chi connectivity index (χ1) is 11.3. The maximum Gasteiger partial charge on any atom is 0.231 e. The minimum atomic E-state index is -0.175. The molecule has 0 radical (unpaired) electrons. The molecule has 0 aliphatic carbocycles. The summed E-state index contributed by atoms with van der Waals surface area (Å²) in [5.74, 6) is 0.0339. The second-order valence-corrected chi connectivity index (χ2v) is 7.48. The van der Waals surface area contributed by atoms with Gasteiger partial charge in [-0.25, -0.2) is 0 Å². The van der Waals surface area contributed by atoms with E-state index in [-0.39, 0.29) is 17.4 Å². The fraction of sp³-hybridized carbons (Fsp3) is 0.650. The third kappa shape index (κ3) is 6.45. The number of hydrogen-bond acceptors (Lipinski definition) is 2. The SMILES string of the molecule is CCCN(CCC)C(=O)[C@H](CNC(C)(C)CC)c1ccc(Cl)cc1. The Morgan fingerprint density at radius 1 is 1.12 bits per heavy atom. The molecule has 3 nitrogen and oxygen atoms in total. The van der Waals surface area contributed by atoms with Gasteiger partial charge in [-0.05, 0) is 50.8 Å². The van der Waals surface area contributed by atoms with Crippen molar-refractivity contribution in [1.82, 2.24) is 10.2 Å². The predicted molar refractivity (Wildman–Crippen MR) is 104 cm³/mol. The van der Waals surface area contributed by atoms with E-state index in [1.807, 2.05) is 29.2 Å². The van der Waals surface area contributed by atoms with Crippen LogP contribution >= 0.6 is 11.6 Å². The lowest BCUT2D eigenvalue weighted by molar-refractivity contribution is -0.132. The summed E-state index contributed by atoms with van der Waals surface area (Å²) in [4.78, 5) is 15.2. The van der Waals surface area contributed by atoms with Crippen LogP contribution in [0.4, 0.5) is 0 Å². The number of hydrogen-bond donors (Lipinski definition) is 1. The predicted octanol–water partition coefficient (Wildman–Crippen LogP) is 4.85. The highest BCUT2D eigenvalue weighted by molar-refractivity contribution is 6.30. The highest BCUT2D eigenvalue weighted by atomic mass is 35.5. The van der Waals surface area contributed by atoms with Crippen molar-refractivity contribution < 1.29 is 4.79 Å². The summed E-state index contributed by atoms with van der Waals surface area (Å²) in [6.07, 6.45) is 2.97. The number of halogens is 1. The Morgan fingerprint density at radius 3 is 2.12 bits per heavy atom. The second-order valence-electron chi connectivity index (χ2n) is 7.05. The van der Waals surface area contributed by atoms with E-state index in [4.69, 9.17) is 11.6 Å². The zero-order chi connectivity index (χ0) is 18.2. The third-order valence-electron chi connectivity index (χ3n) is 4.54. The van der Waals surface area contributed by atoms with E-state index in [2.05, 4.69) is 39.9 Å². The number of carbonyl (C=O) groups is 1. The van der Waals surface area contributed by atoms with Gasteiger partial charge in [-0.3, -0.25) is 4.79 Å². The van der Waals surface area contributed by atoms with Gasteiger partial charge in [0.05, 0.1) is 5.92 Å². The summed E-state index contributed by atoms with van der Waals surface area (Å²) in [6.45, 7) is 13.0. The van der Waals surface area contributed by atoms with Gasteiger partial charge in [-0.1, -0.05) is 44.5 Å². The van der Waals surface area contributed by atoms with Gasteiger partial charge in [0.25, 0.3) is 0 Å². The maximum atomic E-state index is 13.2. The van der Waals surface area contributed by atoms with Gasteiger partial charge >= 0.3 is 0 Å². The number of carbonyl (C=O) groups excluding carboxylic acids is 1. The molecular weight excluding hydrogens is 320 g/mol. The van der Waals surface area contributed by atoms with Gasteiger partial charge in [0.1, 0.15) is 0 Å². The molecule has 0 bridgehead atoms. The third-order valence-corrected chi connectivity index (χ3v) is 4.79. The zero-order valence-corrected chi connectivity index (χ0v) is 16.6. The summed E-state index contributed by atoms with van der Waals surface area (Å²) in [5.41, 5.74) is 1.05. The molecular formula is C20H33ClN2O. The molecule has 1 rings (SSSR count). The van der Waals surface area contributed by atoms with Crippen LogP contribution in [0.15, 0.2) is 24.3 Å². The van der Waals surface area contributed by atoms with Gasteiger partial charge in [-0.2, -0.15) is 0 Å². The molecule has 0 unspecified atom stereocenters. The number of benzene rings is 1. The molecule has 0 heterocycles. The molecule has 1 amide bonds. The number of nitrogens with zero attached hydrogens (tertiary/aromatic N) is 1. The average molecular weight is 353 g/mol. The maximum absolute atomic E-state index is 13.2. The Kier molecular flexibility index (Phi) is 8.79. The fourth-order valence-electron chi connectivity index (χ4n) is 2.64. The van der Waals surface area contributed by atoms with Gasteiger partial charge in [0, 0.05) is 30.2 Å². The van der Waals surface area contributed by atoms with Crippen LogP contribution in [0.25, 0.3) is 0 Å². The fourth-order valence-corrected chi connectivity index (χ4v) is 2.76. The van der Waals surface area contributed by atoms with Crippen molar-refractivity contribution in [2.24, 2.45) is 0 Å². The van der Waals surface area contributed by atoms with Crippen LogP contribution in [0.2, 0.25) is 5.02 Å². The summed E-state index contributed by atoms with van der Waals surface area (Å²) in [7, 11) is 0. The Labute approximate surface area is 152 Å². The molecule has 0 aliphatic heterocycles. The lowest BCUT2D eigenvalue weighted by Gasteiger charge is -2.31. The summed E-state index contributed by atoms with van der Waals surface area (Å²) in [5, 5.41) is 4.26.